The molecule has 2 aromatic rings. The van der Waals surface area contributed by atoms with Crippen molar-refractivity contribution in [2.45, 2.75) is 25.0 Å². The molecule has 1 amide bonds. The lowest BCUT2D eigenvalue weighted by molar-refractivity contribution is 0.0141. The van der Waals surface area contributed by atoms with Crippen LogP contribution in [0.4, 0.5) is 0 Å². The molecule has 2 aromatic heterocycles. The van der Waals surface area contributed by atoms with Gasteiger partial charge in [-0.3, -0.25) is 4.79 Å². The number of hydrogen-bond donors (Lipinski definition) is 1. The van der Waals surface area contributed by atoms with E-state index in [1.54, 1.807) is 29.8 Å². The Balaban J connectivity index is 1.80. The lowest BCUT2D eigenvalue weighted by Gasteiger charge is -2.38. The molecule has 0 radical (unpaired) electrons. The number of piperidine rings is 1. The minimum atomic E-state index is 0.0846. The summed E-state index contributed by atoms with van der Waals surface area (Å²) in [7, 11) is 1.73. The Morgan fingerprint density at radius 3 is 3.10 bits per heavy atom. The molecule has 0 spiro atoms. The van der Waals surface area contributed by atoms with E-state index in [9.17, 15) is 4.79 Å². The largest absolute Gasteiger partial charge is 0.381 e. The van der Waals surface area contributed by atoms with Crippen LogP contribution in [0.2, 0.25) is 0 Å². The molecule has 0 bridgehead atoms. The number of amides is 1. The van der Waals surface area contributed by atoms with Crippen molar-refractivity contribution in [3.8, 4) is 0 Å². The first-order valence-corrected chi connectivity index (χ1v) is 8.43. The van der Waals surface area contributed by atoms with Crippen LogP contribution in [0.25, 0.3) is 9.40 Å². The number of fused-ring (bicyclic) bond motifs is 1. The highest BCUT2D eigenvalue weighted by Gasteiger charge is 2.32. The number of likely N-dealkylation sites (tertiary alicyclic amines) is 1. The summed E-state index contributed by atoms with van der Waals surface area (Å²) >= 11 is 3.25. The van der Waals surface area contributed by atoms with Crippen LogP contribution >= 0.6 is 22.7 Å². The van der Waals surface area contributed by atoms with E-state index in [-0.39, 0.29) is 18.1 Å². The monoisotopic (exact) mass is 310 g/mol. The predicted molar refractivity (Wildman–Crippen MR) is 83.6 cm³/mol. The van der Waals surface area contributed by atoms with Gasteiger partial charge in [-0.2, -0.15) is 0 Å². The quantitative estimate of drug-likeness (QED) is 0.948. The van der Waals surface area contributed by atoms with Crippen molar-refractivity contribution in [2.24, 2.45) is 5.73 Å². The van der Waals surface area contributed by atoms with E-state index in [2.05, 4.69) is 11.4 Å². The number of methoxy groups -OCH3 is 1. The molecular formula is C14H18N2O2S2. The Morgan fingerprint density at radius 2 is 2.40 bits per heavy atom. The standard InChI is InChI=1S/C14H18N2O2S2/c1-18-10-2-4-16(9(6-10)8-15)14(17)13-7-12-11(20-13)3-5-19-12/h3,5,7,9-10H,2,4,6,8,15H2,1H3. The van der Waals surface area contributed by atoms with Gasteiger partial charge in [-0.15, -0.1) is 22.7 Å². The van der Waals surface area contributed by atoms with Crippen LogP contribution in [-0.2, 0) is 4.74 Å². The molecular weight excluding hydrogens is 292 g/mol. The maximum Gasteiger partial charge on any atom is 0.264 e. The summed E-state index contributed by atoms with van der Waals surface area (Å²) in [6, 6.07) is 4.16. The Hall–Kier alpha value is -0.950. The highest BCUT2D eigenvalue weighted by Crippen LogP contribution is 2.32. The van der Waals surface area contributed by atoms with E-state index in [4.69, 9.17) is 10.5 Å². The van der Waals surface area contributed by atoms with Gasteiger partial charge in [-0.05, 0) is 30.4 Å². The molecule has 2 unspecified atom stereocenters. The predicted octanol–water partition coefficient (Wildman–Crippen LogP) is 2.54. The zero-order valence-electron chi connectivity index (χ0n) is 11.4. The van der Waals surface area contributed by atoms with Gasteiger partial charge in [0.15, 0.2) is 0 Å². The zero-order chi connectivity index (χ0) is 14.1. The molecule has 2 N–H and O–H groups in total. The van der Waals surface area contributed by atoms with Gasteiger partial charge < -0.3 is 15.4 Å². The van der Waals surface area contributed by atoms with Gasteiger partial charge in [-0.25, -0.2) is 0 Å². The van der Waals surface area contributed by atoms with Crippen LogP contribution < -0.4 is 5.73 Å². The van der Waals surface area contributed by atoms with Crippen molar-refractivity contribution in [2.75, 3.05) is 20.2 Å². The molecule has 1 fully saturated rings. The molecule has 0 aliphatic carbocycles. The highest BCUT2D eigenvalue weighted by molar-refractivity contribution is 7.27. The number of carbonyl (C=O) groups is 1. The van der Waals surface area contributed by atoms with Gasteiger partial charge in [0, 0.05) is 35.6 Å². The van der Waals surface area contributed by atoms with Crippen LogP contribution in [0.1, 0.15) is 22.5 Å². The molecule has 3 heterocycles. The van der Waals surface area contributed by atoms with Gasteiger partial charge in [0.2, 0.25) is 0 Å². The molecule has 1 saturated heterocycles. The summed E-state index contributed by atoms with van der Waals surface area (Å²) < 4.78 is 7.78. The van der Waals surface area contributed by atoms with Crippen LogP contribution in [0.15, 0.2) is 17.5 Å². The number of carbonyl (C=O) groups excluding carboxylic acids is 1. The molecule has 0 saturated carbocycles. The van der Waals surface area contributed by atoms with Crippen molar-refractivity contribution in [3.63, 3.8) is 0 Å². The first-order chi connectivity index (χ1) is 9.72. The molecule has 20 heavy (non-hydrogen) atoms. The van der Waals surface area contributed by atoms with Crippen LogP contribution in [0.5, 0.6) is 0 Å². The Morgan fingerprint density at radius 1 is 1.55 bits per heavy atom. The summed E-state index contributed by atoms with van der Waals surface area (Å²) in [5.41, 5.74) is 5.84. The van der Waals surface area contributed by atoms with Crippen LogP contribution in [0.3, 0.4) is 0 Å². The third-order valence-corrected chi connectivity index (χ3v) is 5.97. The maximum absolute atomic E-state index is 12.7. The smallest absolute Gasteiger partial charge is 0.264 e. The van der Waals surface area contributed by atoms with Crippen LogP contribution in [-0.4, -0.2) is 43.2 Å². The van der Waals surface area contributed by atoms with Crippen LogP contribution in [0, 0.1) is 0 Å². The van der Waals surface area contributed by atoms with E-state index in [1.807, 2.05) is 11.0 Å². The summed E-state index contributed by atoms with van der Waals surface area (Å²) in [6.45, 7) is 1.22. The van der Waals surface area contributed by atoms with Crippen molar-refractivity contribution in [1.29, 1.82) is 0 Å². The summed E-state index contributed by atoms with van der Waals surface area (Å²) in [6.07, 6.45) is 1.94. The van der Waals surface area contributed by atoms with E-state index in [0.29, 0.717) is 6.54 Å². The third kappa shape index (κ3) is 2.48. The van der Waals surface area contributed by atoms with E-state index in [0.717, 1.165) is 24.3 Å². The second-order valence-corrected chi connectivity index (χ2v) is 7.06. The molecule has 1 aliphatic heterocycles. The maximum atomic E-state index is 12.7. The minimum absolute atomic E-state index is 0.0846. The fourth-order valence-corrected chi connectivity index (χ4v) is 4.80. The van der Waals surface area contributed by atoms with Gasteiger partial charge >= 0.3 is 0 Å². The number of nitrogens with two attached hydrogens (primary N) is 1. The molecule has 0 aromatic carbocycles. The molecule has 2 atom stereocenters. The molecule has 108 valence electrons. The van der Waals surface area contributed by atoms with E-state index >= 15 is 0 Å². The SMILES string of the molecule is COC1CCN(C(=O)c2cc3sccc3s2)C(CN)C1. The number of ether oxygens (including phenoxy) is 1. The van der Waals surface area contributed by atoms with E-state index in [1.165, 1.54) is 9.40 Å². The number of hydrogen-bond acceptors (Lipinski definition) is 5. The van der Waals surface area contributed by atoms with Gasteiger partial charge in [-0.1, -0.05) is 0 Å². The van der Waals surface area contributed by atoms with Gasteiger partial charge in [0.25, 0.3) is 5.91 Å². The van der Waals surface area contributed by atoms with Crippen molar-refractivity contribution >= 4 is 38.0 Å². The minimum Gasteiger partial charge on any atom is -0.381 e. The summed E-state index contributed by atoms with van der Waals surface area (Å²) in [5, 5.41) is 2.06. The molecule has 6 heteroatoms. The average molecular weight is 310 g/mol. The third-order valence-electron chi connectivity index (χ3n) is 3.88. The Kier molecular flexibility index (Phi) is 4.07. The average Bonchev–Trinajstić information content (AvgIpc) is 3.07. The summed E-state index contributed by atoms with van der Waals surface area (Å²) in [4.78, 5) is 15.4. The molecule has 3 rings (SSSR count). The van der Waals surface area contributed by atoms with E-state index < -0.39 is 0 Å². The fourth-order valence-electron chi connectivity index (χ4n) is 2.73. The first kappa shape index (κ1) is 14.0. The Bertz CT molecular complexity index is 579. The number of thiophene rings is 2. The first-order valence-electron chi connectivity index (χ1n) is 6.73. The second-order valence-electron chi connectivity index (χ2n) is 5.03. The molecule has 4 nitrogen and oxygen atoms in total. The fraction of sp³-hybridized carbons (Fsp3) is 0.500. The summed E-state index contributed by atoms with van der Waals surface area (Å²) in [5.74, 6) is 0.114. The Labute approximate surface area is 126 Å². The number of rotatable bonds is 3. The van der Waals surface area contributed by atoms with Gasteiger partial charge in [0.05, 0.1) is 11.0 Å². The van der Waals surface area contributed by atoms with Crippen molar-refractivity contribution in [1.82, 2.24) is 4.90 Å². The second kappa shape index (κ2) is 5.81. The van der Waals surface area contributed by atoms with Crippen molar-refractivity contribution < 1.29 is 9.53 Å². The number of nitrogens with zero attached hydrogens (tertiary/aromatic N) is 1. The lowest BCUT2D eigenvalue weighted by atomic mass is 9.99. The normalized spacial score (nSPS) is 23.4. The zero-order valence-corrected chi connectivity index (χ0v) is 13.0. The van der Waals surface area contributed by atoms with Gasteiger partial charge in [0.1, 0.15) is 0 Å². The topological polar surface area (TPSA) is 55.6 Å². The highest BCUT2D eigenvalue weighted by atomic mass is 32.1. The molecule has 1 aliphatic rings. The lowest BCUT2D eigenvalue weighted by Crippen LogP contribution is -2.51. The van der Waals surface area contributed by atoms with Crippen molar-refractivity contribution in [3.05, 3.63) is 22.4 Å².